The number of carboxylic acid groups (broad SMARTS) is 1. The van der Waals surface area contributed by atoms with Crippen molar-refractivity contribution in [3.63, 3.8) is 0 Å². The third kappa shape index (κ3) is 5.04. The first-order chi connectivity index (χ1) is 8.50. The molecule has 0 bridgehead atoms. The fourth-order valence-corrected chi connectivity index (χ4v) is 2.26. The van der Waals surface area contributed by atoms with Gasteiger partial charge in [-0.1, -0.05) is 20.3 Å². The van der Waals surface area contributed by atoms with Crippen LogP contribution in [-0.4, -0.2) is 36.1 Å². The number of rotatable bonds is 6. The first-order valence-corrected chi connectivity index (χ1v) is 6.74. The maximum Gasteiger partial charge on any atom is 0.308 e. The van der Waals surface area contributed by atoms with Crippen LogP contribution in [0.2, 0.25) is 0 Å². The van der Waals surface area contributed by atoms with Crippen LogP contribution >= 0.6 is 0 Å². The number of hydrogen-bond donors (Lipinski definition) is 3. The van der Waals surface area contributed by atoms with Gasteiger partial charge in [-0.3, -0.25) is 9.59 Å². The first-order valence-electron chi connectivity index (χ1n) is 6.74. The topological polar surface area (TPSA) is 78.4 Å². The molecule has 1 aliphatic heterocycles. The fraction of sp³-hybridized carbons (Fsp3) is 0.846. The number of aliphatic carboxylic acids is 1. The summed E-state index contributed by atoms with van der Waals surface area (Å²) in [7, 11) is 0. The van der Waals surface area contributed by atoms with E-state index < -0.39 is 11.9 Å². The Morgan fingerprint density at radius 3 is 2.61 bits per heavy atom. The molecule has 18 heavy (non-hydrogen) atoms. The lowest BCUT2D eigenvalue weighted by molar-refractivity contribution is -0.142. The molecule has 0 saturated carbocycles. The van der Waals surface area contributed by atoms with Crippen LogP contribution in [0.25, 0.3) is 0 Å². The number of carboxylic acids is 1. The van der Waals surface area contributed by atoms with Crippen LogP contribution in [-0.2, 0) is 9.59 Å². The van der Waals surface area contributed by atoms with Gasteiger partial charge in [0, 0.05) is 6.54 Å². The molecule has 104 valence electrons. The fourth-order valence-electron chi connectivity index (χ4n) is 2.26. The van der Waals surface area contributed by atoms with Crippen molar-refractivity contribution in [2.75, 3.05) is 13.1 Å². The predicted molar refractivity (Wildman–Crippen MR) is 69.2 cm³/mol. The molecule has 5 nitrogen and oxygen atoms in total. The molecule has 0 radical (unpaired) electrons. The number of hydrogen-bond acceptors (Lipinski definition) is 3. The van der Waals surface area contributed by atoms with Crippen molar-refractivity contribution in [3.8, 4) is 0 Å². The summed E-state index contributed by atoms with van der Waals surface area (Å²) < 4.78 is 0. The van der Waals surface area contributed by atoms with Gasteiger partial charge in [0.05, 0.1) is 12.0 Å². The molecule has 0 aromatic heterocycles. The van der Waals surface area contributed by atoms with E-state index in [0.29, 0.717) is 12.3 Å². The van der Waals surface area contributed by atoms with Gasteiger partial charge < -0.3 is 15.7 Å². The largest absolute Gasteiger partial charge is 0.481 e. The van der Waals surface area contributed by atoms with Crippen LogP contribution in [0.4, 0.5) is 0 Å². The Bertz CT molecular complexity index is 286. The minimum absolute atomic E-state index is 0.0651. The number of carbonyl (C=O) groups excluding carboxylic acids is 1. The van der Waals surface area contributed by atoms with E-state index in [2.05, 4.69) is 10.6 Å². The van der Waals surface area contributed by atoms with Crippen LogP contribution in [0.5, 0.6) is 0 Å². The van der Waals surface area contributed by atoms with Gasteiger partial charge in [0.25, 0.3) is 0 Å². The number of piperidine rings is 1. The van der Waals surface area contributed by atoms with E-state index >= 15 is 0 Å². The maximum absolute atomic E-state index is 11.8. The summed E-state index contributed by atoms with van der Waals surface area (Å²) in [4.78, 5) is 22.9. The maximum atomic E-state index is 11.8. The SMILES string of the molecule is CC(C)CC(CNC(=O)[C@@H]1CCCCN1)C(=O)O. The van der Waals surface area contributed by atoms with E-state index in [4.69, 9.17) is 5.11 Å². The molecule has 1 rings (SSSR count). The molecule has 1 unspecified atom stereocenters. The number of carbonyl (C=O) groups is 2. The van der Waals surface area contributed by atoms with Gasteiger partial charge in [-0.2, -0.15) is 0 Å². The molecular formula is C13H24N2O3. The van der Waals surface area contributed by atoms with Gasteiger partial charge in [-0.15, -0.1) is 0 Å². The number of nitrogens with one attached hydrogen (secondary N) is 2. The lowest BCUT2D eigenvalue weighted by Gasteiger charge is -2.23. The molecule has 1 fully saturated rings. The van der Waals surface area contributed by atoms with Crippen LogP contribution in [0, 0.1) is 11.8 Å². The quantitative estimate of drug-likeness (QED) is 0.662. The van der Waals surface area contributed by atoms with Crippen LogP contribution in [0.3, 0.4) is 0 Å². The van der Waals surface area contributed by atoms with Gasteiger partial charge in [-0.05, 0) is 31.7 Å². The third-order valence-electron chi connectivity index (χ3n) is 3.25. The van der Waals surface area contributed by atoms with Crippen molar-refractivity contribution in [1.29, 1.82) is 0 Å². The summed E-state index contributed by atoms with van der Waals surface area (Å²) in [5, 5.41) is 15.0. The van der Waals surface area contributed by atoms with E-state index in [9.17, 15) is 9.59 Å². The Labute approximate surface area is 108 Å². The van der Waals surface area contributed by atoms with Gasteiger partial charge in [-0.25, -0.2) is 0 Å². The normalized spacial score (nSPS) is 21.6. The summed E-state index contributed by atoms with van der Waals surface area (Å²) in [6.07, 6.45) is 3.59. The van der Waals surface area contributed by atoms with Crippen molar-refractivity contribution in [1.82, 2.24) is 10.6 Å². The zero-order valence-electron chi connectivity index (χ0n) is 11.2. The minimum atomic E-state index is -0.833. The molecule has 1 saturated heterocycles. The summed E-state index contributed by atoms with van der Waals surface area (Å²) in [6.45, 7) is 5.07. The zero-order valence-corrected chi connectivity index (χ0v) is 11.2. The summed E-state index contributed by atoms with van der Waals surface area (Å²) >= 11 is 0. The highest BCUT2D eigenvalue weighted by molar-refractivity contribution is 5.82. The third-order valence-corrected chi connectivity index (χ3v) is 3.25. The second-order valence-corrected chi connectivity index (χ2v) is 5.41. The monoisotopic (exact) mass is 256 g/mol. The van der Waals surface area contributed by atoms with Crippen molar-refractivity contribution < 1.29 is 14.7 Å². The smallest absolute Gasteiger partial charge is 0.308 e. The molecular weight excluding hydrogens is 232 g/mol. The highest BCUT2D eigenvalue weighted by Crippen LogP contribution is 2.12. The van der Waals surface area contributed by atoms with Crippen molar-refractivity contribution in [3.05, 3.63) is 0 Å². The van der Waals surface area contributed by atoms with Gasteiger partial charge in [0.15, 0.2) is 0 Å². The second-order valence-electron chi connectivity index (χ2n) is 5.41. The van der Waals surface area contributed by atoms with E-state index in [1.54, 1.807) is 0 Å². The highest BCUT2D eigenvalue weighted by Gasteiger charge is 2.23. The molecule has 5 heteroatoms. The summed E-state index contributed by atoms with van der Waals surface area (Å²) in [5.74, 6) is -1.07. The predicted octanol–water partition coefficient (Wildman–Crippen LogP) is 0.992. The molecule has 0 spiro atoms. The second kappa shape index (κ2) is 7.36. The average molecular weight is 256 g/mol. The Hall–Kier alpha value is -1.10. The standard InChI is InChI=1S/C13H24N2O3/c1-9(2)7-10(13(17)18)8-15-12(16)11-5-3-4-6-14-11/h9-11,14H,3-8H2,1-2H3,(H,15,16)(H,17,18)/t10?,11-/m0/s1. The van der Waals surface area contributed by atoms with Crippen molar-refractivity contribution >= 4 is 11.9 Å². The molecule has 0 aromatic rings. The average Bonchev–Trinajstić information content (AvgIpc) is 2.34. The van der Waals surface area contributed by atoms with E-state index in [0.717, 1.165) is 25.8 Å². The Balaban J connectivity index is 2.36. The molecule has 2 atom stereocenters. The van der Waals surface area contributed by atoms with Gasteiger partial charge in [0.1, 0.15) is 0 Å². The lowest BCUT2D eigenvalue weighted by atomic mass is 9.97. The van der Waals surface area contributed by atoms with Gasteiger partial charge >= 0.3 is 5.97 Å². The molecule has 0 aromatic carbocycles. The lowest BCUT2D eigenvalue weighted by Crippen LogP contribution is -2.48. The molecule has 1 aliphatic rings. The Morgan fingerprint density at radius 1 is 1.39 bits per heavy atom. The minimum Gasteiger partial charge on any atom is -0.481 e. The zero-order chi connectivity index (χ0) is 13.5. The Morgan fingerprint density at radius 2 is 2.11 bits per heavy atom. The number of amides is 1. The van der Waals surface area contributed by atoms with Crippen molar-refractivity contribution in [2.24, 2.45) is 11.8 Å². The van der Waals surface area contributed by atoms with E-state index in [-0.39, 0.29) is 18.5 Å². The molecule has 3 N–H and O–H groups in total. The highest BCUT2D eigenvalue weighted by atomic mass is 16.4. The summed E-state index contributed by atoms with van der Waals surface area (Å²) in [6, 6.07) is -0.146. The molecule has 0 aliphatic carbocycles. The van der Waals surface area contributed by atoms with Crippen LogP contribution in [0.15, 0.2) is 0 Å². The Kier molecular flexibility index (Phi) is 6.12. The van der Waals surface area contributed by atoms with E-state index in [1.807, 2.05) is 13.8 Å². The van der Waals surface area contributed by atoms with Crippen molar-refractivity contribution in [2.45, 2.75) is 45.6 Å². The first kappa shape index (κ1) is 15.0. The molecule has 1 amide bonds. The molecule has 1 heterocycles. The van der Waals surface area contributed by atoms with Crippen LogP contribution in [0.1, 0.15) is 39.5 Å². The van der Waals surface area contributed by atoms with E-state index in [1.165, 1.54) is 0 Å². The summed E-state index contributed by atoms with van der Waals surface area (Å²) in [5.41, 5.74) is 0. The van der Waals surface area contributed by atoms with Gasteiger partial charge in [0.2, 0.25) is 5.91 Å². The van der Waals surface area contributed by atoms with Crippen LogP contribution < -0.4 is 10.6 Å².